The van der Waals surface area contributed by atoms with Gasteiger partial charge in [0.05, 0.1) is 5.25 Å². The highest BCUT2D eigenvalue weighted by atomic mass is 32.2. The van der Waals surface area contributed by atoms with Crippen LogP contribution in [0.5, 0.6) is 0 Å². The van der Waals surface area contributed by atoms with Gasteiger partial charge < -0.3 is 4.55 Å². The lowest BCUT2D eigenvalue weighted by Gasteiger charge is -2.27. The third-order valence-electron chi connectivity index (χ3n) is 1.87. The van der Waals surface area contributed by atoms with Crippen LogP contribution in [0.1, 0.15) is 25.7 Å². The topological polar surface area (TPSA) is 40.1 Å². The smallest absolute Gasteiger partial charge is 0.113 e. The monoisotopic (exact) mass is 165 g/mol. The molecule has 0 radical (unpaired) electrons. The molecule has 0 aromatic heterocycles. The Kier molecular flexibility index (Phi) is 2.80. The molecule has 3 atom stereocenters. The molecule has 0 heterocycles. The highest BCUT2D eigenvalue weighted by Crippen LogP contribution is 2.24. The van der Waals surface area contributed by atoms with E-state index in [0.717, 1.165) is 12.8 Å². The van der Waals surface area contributed by atoms with Crippen molar-refractivity contribution in [2.45, 2.75) is 37.1 Å². The molecule has 0 amide bonds. The molecule has 1 fully saturated rings. The zero-order chi connectivity index (χ0) is 7.56. The summed E-state index contributed by atoms with van der Waals surface area (Å²) in [5.41, 5.74) is 0. The largest absolute Gasteiger partial charge is 0.772 e. The predicted octanol–water partition coefficient (Wildman–Crippen LogP) is 1.15. The molecule has 0 bridgehead atoms. The molecular weight excluding hydrogens is 155 g/mol. The standard InChI is InChI=1S/C6H11FO2S/c7-5-3-1-2-4-6(5)10(8)9/h5-6H,1-4H2,(H,8,9)/p-1. The Morgan fingerprint density at radius 3 is 2.40 bits per heavy atom. The summed E-state index contributed by atoms with van der Waals surface area (Å²) < 4.78 is 33.4. The van der Waals surface area contributed by atoms with Gasteiger partial charge in [0.15, 0.2) is 0 Å². The molecule has 0 aromatic carbocycles. The number of rotatable bonds is 1. The highest BCUT2D eigenvalue weighted by Gasteiger charge is 2.24. The van der Waals surface area contributed by atoms with Crippen molar-refractivity contribution >= 4 is 11.1 Å². The molecule has 4 heteroatoms. The first-order chi connectivity index (χ1) is 4.72. The van der Waals surface area contributed by atoms with Crippen LogP contribution in [0.2, 0.25) is 0 Å². The van der Waals surface area contributed by atoms with Crippen molar-refractivity contribution in [3.63, 3.8) is 0 Å². The first-order valence-electron chi connectivity index (χ1n) is 3.44. The molecule has 0 saturated heterocycles. The molecule has 3 unspecified atom stereocenters. The van der Waals surface area contributed by atoms with Crippen molar-refractivity contribution in [3.8, 4) is 0 Å². The maximum Gasteiger partial charge on any atom is 0.113 e. The van der Waals surface area contributed by atoms with E-state index >= 15 is 0 Å². The molecule has 0 N–H and O–H groups in total. The summed E-state index contributed by atoms with van der Waals surface area (Å²) >= 11 is -2.21. The summed E-state index contributed by atoms with van der Waals surface area (Å²) in [6.07, 6.45) is 1.47. The van der Waals surface area contributed by atoms with E-state index in [4.69, 9.17) is 0 Å². The minimum Gasteiger partial charge on any atom is -0.772 e. The van der Waals surface area contributed by atoms with E-state index in [1.807, 2.05) is 0 Å². The Bertz CT molecular complexity index is 140. The SMILES string of the molecule is O=S([O-])C1CCCCC1F. The fourth-order valence-electron chi connectivity index (χ4n) is 1.27. The van der Waals surface area contributed by atoms with Crippen LogP contribution in [0, 0.1) is 0 Å². The summed E-state index contributed by atoms with van der Waals surface area (Å²) in [6.45, 7) is 0. The van der Waals surface area contributed by atoms with E-state index in [9.17, 15) is 13.2 Å². The first-order valence-corrected chi connectivity index (χ1v) is 4.58. The van der Waals surface area contributed by atoms with Crippen molar-refractivity contribution < 1.29 is 13.2 Å². The van der Waals surface area contributed by atoms with Crippen LogP contribution >= 0.6 is 0 Å². The zero-order valence-corrected chi connectivity index (χ0v) is 6.40. The molecule has 60 valence electrons. The highest BCUT2D eigenvalue weighted by molar-refractivity contribution is 7.79. The average molecular weight is 165 g/mol. The van der Waals surface area contributed by atoms with Gasteiger partial charge in [0.2, 0.25) is 0 Å². The summed E-state index contributed by atoms with van der Waals surface area (Å²) in [4.78, 5) is 0. The lowest BCUT2D eigenvalue weighted by atomic mass is 9.98. The van der Waals surface area contributed by atoms with E-state index in [2.05, 4.69) is 0 Å². The molecule has 0 aliphatic heterocycles. The van der Waals surface area contributed by atoms with Gasteiger partial charge in [-0.05, 0) is 23.9 Å². The van der Waals surface area contributed by atoms with Gasteiger partial charge >= 0.3 is 0 Å². The fourth-order valence-corrected chi connectivity index (χ4v) is 2.00. The maximum absolute atomic E-state index is 12.7. The number of hydrogen-bond donors (Lipinski definition) is 0. The third-order valence-corrected chi connectivity index (χ3v) is 2.89. The Hall–Kier alpha value is 0.0400. The number of alkyl halides is 1. The van der Waals surface area contributed by atoms with Gasteiger partial charge in [-0.15, -0.1) is 0 Å². The van der Waals surface area contributed by atoms with Crippen LogP contribution in [0.15, 0.2) is 0 Å². The molecular formula is C6H10FO2S-. The summed E-state index contributed by atoms with van der Waals surface area (Å²) in [5.74, 6) is 0. The van der Waals surface area contributed by atoms with Crippen molar-refractivity contribution in [1.29, 1.82) is 0 Å². The Labute approximate surface area is 62.1 Å². The second-order valence-corrected chi connectivity index (χ2v) is 3.73. The van der Waals surface area contributed by atoms with E-state index in [-0.39, 0.29) is 0 Å². The summed E-state index contributed by atoms with van der Waals surface area (Å²) in [7, 11) is 0. The van der Waals surface area contributed by atoms with Crippen molar-refractivity contribution in [1.82, 2.24) is 0 Å². The van der Waals surface area contributed by atoms with Crippen LogP contribution < -0.4 is 0 Å². The van der Waals surface area contributed by atoms with Crippen LogP contribution in [-0.4, -0.2) is 20.2 Å². The van der Waals surface area contributed by atoms with Gasteiger partial charge in [-0.3, -0.25) is 4.21 Å². The van der Waals surface area contributed by atoms with E-state index in [0.29, 0.717) is 12.8 Å². The quantitative estimate of drug-likeness (QED) is 0.547. The maximum atomic E-state index is 12.7. The van der Waals surface area contributed by atoms with E-state index < -0.39 is 22.5 Å². The van der Waals surface area contributed by atoms with Crippen molar-refractivity contribution in [3.05, 3.63) is 0 Å². The fraction of sp³-hybridized carbons (Fsp3) is 1.00. The Morgan fingerprint density at radius 1 is 1.40 bits per heavy atom. The molecule has 1 rings (SSSR count). The van der Waals surface area contributed by atoms with E-state index in [1.54, 1.807) is 0 Å². The van der Waals surface area contributed by atoms with Gasteiger partial charge in [0, 0.05) is 0 Å². The minimum absolute atomic E-state index is 0.415. The number of halogens is 1. The van der Waals surface area contributed by atoms with Gasteiger partial charge in [0.1, 0.15) is 6.17 Å². The normalized spacial score (nSPS) is 37.4. The second-order valence-electron chi connectivity index (χ2n) is 2.60. The predicted molar refractivity (Wildman–Crippen MR) is 36.1 cm³/mol. The summed E-state index contributed by atoms with van der Waals surface area (Å²) in [5, 5.41) is -0.728. The molecule has 0 spiro atoms. The van der Waals surface area contributed by atoms with Gasteiger partial charge in [-0.25, -0.2) is 4.39 Å². The van der Waals surface area contributed by atoms with E-state index in [1.165, 1.54) is 0 Å². The van der Waals surface area contributed by atoms with Gasteiger partial charge in [0.25, 0.3) is 0 Å². The van der Waals surface area contributed by atoms with Crippen LogP contribution in [0.3, 0.4) is 0 Å². The molecule has 10 heavy (non-hydrogen) atoms. The average Bonchev–Trinajstić information content (AvgIpc) is 1.88. The van der Waals surface area contributed by atoms with Crippen LogP contribution in [0.4, 0.5) is 4.39 Å². The molecule has 2 nitrogen and oxygen atoms in total. The molecule has 0 aromatic rings. The second kappa shape index (κ2) is 3.44. The zero-order valence-electron chi connectivity index (χ0n) is 5.59. The van der Waals surface area contributed by atoms with Crippen LogP contribution in [0.25, 0.3) is 0 Å². The van der Waals surface area contributed by atoms with Crippen LogP contribution in [-0.2, 0) is 11.1 Å². The molecule has 1 saturated carbocycles. The lowest BCUT2D eigenvalue weighted by Crippen LogP contribution is -2.30. The lowest BCUT2D eigenvalue weighted by molar-refractivity contribution is 0.251. The van der Waals surface area contributed by atoms with Gasteiger partial charge in [-0.1, -0.05) is 12.8 Å². The van der Waals surface area contributed by atoms with Gasteiger partial charge in [-0.2, -0.15) is 0 Å². The summed E-state index contributed by atoms with van der Waals surface area (Å²) in [6, 6.07) is 0. The number of hydrogen-bond acceptors (Lipinski definition) is 2. The Balaban J connectivity index is 2.47. The molecule has 1 aliphatic carbocycles. The first kappa shape index (κ1) is 8.14. The van der Waals surface area contributed by atoms with Crippen molar-refractivity contribution in [2.24, 2.45) is 0 Å². The molecule has 1 aliphatic rings. The van der Waals surface area contributed by atoms with Crippen molar-refractivity contribution in [2.75, 3.05) is 0 Å². The minimum atomic E-state index is -2.21. The third kappa shape index (κ3) is 1.76. The Morgan fingerprint density at radius 2 is 2.00 bits per heavy atom.